The van der Waals surface area contributed by atoms with Crippen LogP contribution in [0.25, 0.3) is 0 Å². The van der Waals surface area contributed by atoms with Crippen LogP contribution in [0.3, 0.4) is 0 Å². The molecular weight excluding hydrogens is 414 g/mol. The summed E-state index contributed by atoms with van der Waals surface area (Å²) in [5.74, 6) is -1.05. The van der Waals surface area contributed by atoms with Crippen LogP contribution in [0.15, 0.2) is 29.2 Å². The van der Waals surface area contributed by atoms with E-state index in [1.807, 2.05) is 0 Å². The summed E-state index contributed by atoms with van der Waals surface area (Å²) >= 11 is 0. The Morgan fingerprint density at radius 3 is 2.67 bits per heavy atom. The second-order valence-electron chi connectivity index (χ2n) is 7.63. The number of sulfonamides is 1. The first-order valence-corrected chi connectivity index (χ1v) is 10.9. The number of alkyl carbamates (subject to hydrolysis) is 1. The Morgan fingerprint density at radius 1 is 1.27 bits per heavy atom. The zero-order valence-corrected chi connectivity index (χ0v) is 18.1. The van der Waals surface area contributed by atoms with Crippen LogP contribution in [0.2, 0.25) is 0 Å². The quantitative estimate of drug-likeness (QED) is 0.474. The number of rotatable bonds is 7. The molecule has 1 aliphatic rings. The van der Waals surface area contributed by atoms with E-state index < -0.39 is 27.7 Å². The molecule has 1 aromatic carbocycles. The summed E-state index contributed by atoms with van der Waals surface area (Å²) in [7, 11) is -3.90. The summed E-state index contributed by atoms with van der Waals surface area (Å²) in [4.78, 5) is 35.2. The van der Waals surface area contributed by atoms with Crippen molar-refractivity contribution in [2.45, 2.75) is 37.7 Å². The lowest BCUT2D eigenvalue weighted by Gasteiger charge is -2.26. The normalized spacial score (nSPS) is 15.2. The molecular formula is C19H27N3O7S. The number of esters is 1. The van der Waals surface area contributed by atoms with E-state index in [2.05, 4.69) is 10.6 Å². The van der Waals surface area contributed by atoms with Gasteiger partial charge in [0.15, 0.2) is 0 Å². The van der Waals surface area contributed by atoms with Gasteiger partial charge < -0.3 is 20.1 Å². The van der Waals surface area contributed by atoms with E-state index >= 15 is 0 Å². The van der Waals surface area contributed by atoms with E-state index in [0.29, 0.717) is 6.42 Å². The number of piperazine rings is 1. The largest absolute Gasteiger partial charge is 0.462 e. The Bertz CT molecular complexity index is 894. The molecule has 2 N–H and O–H groups in total. The lowest BCUT2D eigenvalue weighted by atomic mass is 10.2. The Morgan fingerprint density at radius 2 is 2.00 bits per heavy atom. The monoisotopic (exact) mass is 441 g/mol. The topological polar surface area (TPSA) is 131 Å². The van der Waals surface area contributed by atoms with Crippen LogP contribution in [-0.4, -0.2) is 69.1 Å². The summed E-state index contributed by atoms with van der Waals surface area (Å²) < 4.78 is 36.7. The van der Waals surface area contributed by atoms with E-state index in [1.165, 1.54) is 24.3 Å². The lowest BCUT2D eigenvalue weighted by Crippen LogP contribution is -2.49. The molecule has 1 aliphatic heterocycles. The molecule has 1 aromatic rings. The number of ether oxygens (including phenoxy) is 2. The van der Waals surface area contributed by atoms with Gasteiger partial charge in [0, 0.05) is 19.6 Å². The third-order valence-corrected chi connectivity index (χ3v) is 5.77. The summed E-state index contributed by atoms with van der Waals surface area (Å²) in [6.07, 6.45) is -0.190. The fourth-order valence-electron chi connectivity index (χ4n) is 2.58. The molecule has 0 bridgehead atoms. The van der Waals surface area contributed by atoms with Gasteiger partial charge in [-0.3, -0.25) is 4.79 Å². The zero-order valence-electron chi connectivity index (χ0n) is 17.3. The number of nitrogens with one attached hydrogen (secondary N) is 2. The van der Waals surface area contributed by atoms with Crippen LogP contribution >= 0.6 is 0 Å². The molecule has 0 aromatic heterocycles. The highest BCUT2D eigenvalue weighted by molar-refractivity contribution is 7.89. The lowest BCUT2D eigenvalue weighted by molar-refractivity contribution is -0.122. The molecule has 11 heteroatoms. The maximum absolute atomic E-state index is 12.7. The van der Waals surface area contributed by atoms with Crippen LogP contribution in [0.1, 0.15) is 37.6 Å². The summed E-state index contributed by atoms with van der Waals surface area (Å²) in [6.45, 7) is 5.69. The average Bonchev–Trinajstić information content (AvgIpc) is 2.66. The number of amides is 2. The van der Waals surface area contributed by atoms with Gasteiger partial charge in [-0.15, -0.1) is 0 Å². The third kappa shape index (κ3) is 6.99. The second kappa shape index (κ2) is 9.90. The Labute approximate surface area is 176 Å². The van der Waals surface area contributed by atoms with Crippen LogP contribution in [0.5, 0.6) is 0 Å². The average molecular weight is 442 g/mol. The van der Waals surface area contributed by atoms with E-state index in [-0.39, 0.29) is 49.2 Å². The van der Waals surface area contributed by atoms with Crippen molar-refractivity contribution in [2.24, 2.45) is 0 Å². The molecule has 30 heavy (non-hydrogen) atoms. The van der Waals surface area contributed by atoms with Crippen molar-refractivity contribution in [1.82, 2.24) is 14.9 Å². The summed E-state index contributed by atoms with van der Waals surface area (Å²) in [5, 5.41) is 5.12. The van der Waals surface area contributed by atoms with Gasteiger partial charge in [-0.2, -0.15) is 4.31 Å². The highest BCUT2D eigenvalue weighted by Crippen LogP contribution is 2.18. The zero-order chi connectivity index (χ0) is 22.4. The van der Waals surface area contributed by atoms with E-state index in [4.69, 9.17) is 9.47 Å². The summed E-state index contributed by atoms with van der Waals surface area (Å²) in [6, 6.07) is 5.48. The van der Waals surface area contributed by atoms with Crippen molar-refractivity contribution in [2.75, 3.05) is 32.8 Å². The van der Waals surface area contributed by atoms with Crippen molar-refractivity contribution in [3.8, 4) is 0 Å². The van der Waals surface area contributed by atoms with Gasteiger partial charge in [0.1, 0.15) is 5.60 Å². The first-order valence-electron chi connectivity index (χ1n) is 9.50. The van der Waals surface area contributed by atoms with Crippen molar-refractivity contribution < 1.29 is 32.3 Å². The minimum atomic E-state index is -3.90. The molecule has 2 amide bonds. The second-order valence-corrected chi connectivity index (χ2v) is 9.57. The van der Waals surface area contributed by atoms with E-state index in [9.17, 15) is 22.8 Å². The molecule has 1 saturated heterocycles. The Hall–Kier alpha value is -2.66. The van der Waals surface area contributed by atoms with Gasteiger partial charge in [0.25, 0.3) is 0 Å². The number of hydrogen-bond donors (Lipinski definition) is 2. The Kier molecular flexibility index (Phi) is 7.79. The van der Waals surface area contributed by atoms with E-state index in [1.54, 1.807) is 20.8 Å². The third-order valence-electron chi connectivity index (χ3n) is 3.93. The maximum Gasteiger partial charge on any atom is 0.407 e. The molecule has 0 aliphatic carbocycles. The molecule has 166 valence electrons. The number of carbonyl (C=O) groups excluding carboxylic acids is 3. The van der Waals surface area contributed by atoms with E-state index in [0.717, 1.165) is 4.31 Å². The number of nitrogens with zero attached hydrogens (tertiary/aromatic N) is 1. The first-order chi connectivity index (χ1) is 14.0. The van der Waals surface area contributed by atoms with Gasteiger partial charge in [-0.05, 0) is 45.4 Å². The fourth-order valence-corrected chi connectivity index (χ4v) is 4.02. The van der Waals surface area contributed by atoms with Crippen molar-refractivity contribution in [1.29, 1.82) is 0 Å². The number of hydrogen-bond acceptors (Lipinski definition) is 7. The highest BCUT2D eigenvalue weighted by Gasteiger charge is 2.29. The van der Waals surface area contributed by atoms with Gasteiger partial charge in [0.05, 0.1) is 23.6 Å². The van der Waals surface area contributed by atoms with Gasteiger partial charge in [0.2, 0.25) is 15.9 Å². The molecule has 0 spiro atoms. The molecule has 0 saturated carbocycles. The smallest absolute Gasteiger partial charge is 0.407 e. The molecule has 10 nitrogen and oxygen atoms in total. The van der Waals surface area contributed by atoms with Gasteiger partial charge in [-0.1, -0.05) is 6.07 Å². The minimum Gasteiger partial charge on any atom is -0.462 e. The Balaban J connectivity index is 1.87. The standard InChI is InChI=1S/C19H27N3O7S/c1-19(2,3)29-18(25)21-8-5-11-28-17(24)14-6-4-7-15(12-14)30(26,27)22-10-9-20-16(23)13-22/h4,6-7,12H,5,8-11,13H2,1-3H3,(H,20,23)(H,21,25). The SMILES string of the molecule is CC(C)(C)OC(=O)NCCCOC(=O)c1cccc(S(=O)(=O)N2CCNC(=O)C2)c1. The number of benzene rings is 1. The molecule has 1 fully saturated rings. The fraction of sp³-hybridized carbons (Fsp3) is 0.526. The van der Waals surface area contributed by atoms with Crippen LogP contribution in [0.4, 0.5) is 4.79 Å². The molecule has 0 radical (unpaired) electrons. The highest BCUT2D eigenvalue weighted by atomic mass is 32.2. The summed E-state index contributed by atoms with van der Waals surface area (Å²) in [5.41, 5.74) is -0.516. The van der Waals surface area contributed by atoms with Crippen molar-refractivity contribution in [3.05, 3.63) is 29.8 Å². The van der Waals surface area contributed by atoms with Crippen molar-refractivity contribution >= 4 is 28.0 Å². The molecule has 1 heterocycles. The van der Waals surface area contributed by atoms with Gasteiger partial charge in [-0.25, -0.2) is 18.0 Å². The molecule has 0 atom stereocenters. The number of carbonyl (C=O) groups is 3. The predicted molar refractivity (Wildman–Crippen MR) is 107 cm³/mol. The van der Waals surface area contributed by atoms with Crippen molar-refractivity contribution in [3.63, 3.8) is 0 Å². The van der Waals surface area contributed by atoms with Crippen LogP contribution < -0.4 is 10.6 Å². The maximum atomic E-state index is 12.7. The van der Waals surface area contributed by atoms with Gasteiger partial charge >= 0.3 is 12.1 Å². The van der Waals surface area contributed by atoms with Crippen LogP contribution in [0, 0.1) is 0 Å². The van der Waals surface area contributed by atoms with Crippen LogP contribution in [-0.2, 0) is 24.3 Å². The first kappa shape index (κ1) is 23.6. The predicted octanol–water partition coefficient (Wildman–Crippen LogP) is 0.879. The molecule has 2 rings (SSSR count). The minimum absolute atomic E-state index is 0.0396. The molecule has 0 unspecified atom stereocenters.